The second-order valence-corrected chi connectivity index (χ2v) is 4.48. The first-order valence-corrected chi connectivity index (χ1v) is 6.31. The van der Waals surface area contributed by atoms with E-state index in [2.05, 4.69) is 21.9 Å². The highest BCUT2D eigenvalue weighted by atomic mass is 16.3. The van der Waals surface area contributed by atoms with E-state index < -0.39 is 0 Å². The highest BCUT2D eigenvalue weighted by Gasteiger charge is 2.21. The van der Waals surface area contributed by atoms with Crippen molar-refractivity contribution in [3.8, 4) is 12.1 Å². The van der Waals surface area contributed by atoms with E-state index in [9.17, 15) is 10.5 Å². The Bertz CT molecular complexity index is 489. The molecule has 0 saturated carbocycles. The maximum absolute atomic E-state index is 9.18. The van der Waals surface area contributed by atoms with Crippen molar-refractivity contribution in [3.63, 3.8) is 0 Å². The zero-order valence-corrected chi connectivity index (χ0v) is 10.7. The number of hydrogen-bond acceptors (Lipinski definition) is 5. The summed E-state index contributed by atoms with van der Waals surface area (Å²) in [6.45, 7) is 4.06. The first-order valence-electron chi connectivity index (χ1n) is 6.31. The van der Waals surface area contributed by atoms with E-state index in [-0.39, 0.29) is 6.61 Å². The predicted octanol–water partition coefficient (Wildman–Crippen LogP) is 0.544. The highest BCUT2D eigenvalue weighted by molar-refractivity contribution is 5.68. The fourth-order valence-corrected chi connectivity index (χ4v) is 2.40. The lowest BCUT2D eigenvalue weighted by Crippen LogP contribution is -2.47. The van der Waals surface area contributed by atoms with E-state index in [0.29, 0.717) is 17.7 Å². The van der Waals surface area contributed by atoms with Crippen LogP contribution in [-0.2, 0) is 0 Å². The van der Waals surface area contributed by atoms with Crippen LogP contribution in [0.1, 0.15) is 11.1 Å². The molecule has 0 unspecified atom stereocenters. The fraction of sp³-hybridized carbons (Fsp3) is 0.429. The van der Waals surface area contributed by atoms with Gasteiger partial charge in [-0.05, 0) is 12.1 Å². The summed E-state index contributed by atoms with van der Waals surface area (Å²) >= 11 is 0. The van der Waals surface area contributed by atoms with Gasteiger partial charge in [0.05, 0.1) is 23.4 Å². The van der Waals surface area contributed by atoms with Crippen molar-refractivity contribution in [1.29, 1.82) is 10.5 Å². The molecule has 0 atom stereocenters. The Kier molecular flexibility index (Phi) is 4.35. The van der Waals surface area contributed by atoms with Gasteiger partial charge in [-0.15, -0.1) is 0 Å². The van der Waals surface area contributed by atoms with Crippen molar-refractivity contribution >= 4 is 5.69 Å². The molecule has 1 saturated heterocycles. The number of anilines is 1. The number of hydrogen-bond donors (Lipinski definition) is 1. The van der Waals surface area contributed by atoms with Gasteiger partial charge in [0.25, 0.3) is 0 Å². The van der Waals surface area contributed by atoms with Crippen LogP contribution in [-0.4, -0.2) is 49.3 Å². The van der Waals surface area contributed by atoms with Gasteiger partial charge in [0, 0.05) is 32.7 Å². The summed E-state index contributed by atoms with van der Waals surface area (Å²) in [7, 11) is 0. The molecule has 2 rings (SSSR count). The maximum atomic E-state index is 9.18. The van der Waals surface area contributed by atoms with Crippen molar-refractivity contribution in [1.82, 2.24) is 4.90 Å². The molecule has 1 heterocycles. The SMILES string of the molecule is N#Cc1cccc(C#N)c1N1CCN(CCO)CC1. The summed E-state index contributed by atoms with van der Waals surface area (Å²) in [6, 6.07) is 9.55. The summed E-state index contributed by atoms with van der Waals surface area (Å²) in [5, 5.41) is 27.3. The van der Waals surface area contributed by atoms with Gasteiger partial charge in [-0.25, -0.2) is 0 Å². The molecule has 5 nitrogen and oxygen atoms in total. The van der Waals surface area contributed by atoms with Crippen molar-refractivity contribution in [2.45, 2.75) is 0 Å². The van der Waals surface area contributed by atoms with Gasteiger partial charge in [0.15, 0.2) is 0 Å². The number of aliphatic hydroxyl groups excluding tert-OH is 1. The van der Waals surface area contributed by atoms with Crippen LogP contribution in [0.3, 0.4) is 0 Å². The number of rotatable bonds is 3. The predicted molar refractivity (Wildman–Crippen MR) is 71.6 cm³/mol. The summed E-state index contributed by atoms with van der Waals surface area (Å²) in [4.78, 5) is 4.27. The van der Waals surface area contributed by atoms with Gasteiger partial charge < -0.3 is 10.0 Å². The van der Waals surface area contributed by atoms with Crippen molar-refractivity contribution in [3.05, 3.63) is 29.3 Å². The minimum atomic E-state index is 0.165. The van der Waals surface area contributed by atoms with Crippen LogP contribution < -0.4 is 4.90 Å². The Morgan fingerprint density at radius 3 is 2.11 bits per heavy atom. The molecule has 1 fully saturated rings. The quantitative estimate of drug-likeness (QED) is 0.854. The molecule has 0 aliphatic carbocycles. The minimum Gasteiger partial charge on any atom is -0.395 e. The summed E-state index contributed by atoms with van der Waals surface area (Å²) < 4.78 is 0. The van der Waals surface area contributed by atoms with Gasteiger partial charge in [-0.3, -0.25) is 4.90 Å². The number of nitriles is 2. The molecule has 1 aromatic carbocycles. The lowest BCUT2D eigenvalue weighted by molar-refractivity contribution is 0.189. The number of benzene rings is 1. The zero-order valence-electron chi connectivity index (χ0n) is 10.7. The molecule has 0 amide bonds. The van der Waals surface area contributed by atoms with Crippen LogP contribution in [0.2, 0.25) is 0 Å². The van der Waals surface area contributed by atoms with Gasteiger partial charge in [0.2, 0.25) is 0 Å². The Balaban J connectivity index is 2.20. The first kappa shape index (κ1) is 13.4. The van der Waals surface area contributed by atoms with Crippen LogP contribution in [0.5, 0.6) is 0 Å². The molecule has 98 valence electrons. The molecule has 0 spiro atoms. The van der Waals surface area contributed by atoms with Crippen LogP contribution >= 0.6 is 0 Å². The molecule has 1 aliphatic rings. The normalized spacial score (nSPS) is 15.8. The zero-order chi connectivity index (χ0) is 13.7. The summed E-state index contributed by atoms with van der Waals surface area (Å²) in [5.41, 5.74) is 1.85. The molecule has 0 radical (unpaired) electrons. The van der Waals surface area contributed by atoms with Gasteiger partial charge in [-0.2, -0.15) is 10.5 Å². The molecule has 0 aromatic heterocycles. The van der Waals surface area contributed by atoms with Crippen molar-refractivity contribution in [2.75, 3.05) is 44.2 Å². The second-order valence-electron chi connectivity index (χ2n) is 4.48. The van der Waals surface area contributed by atoms with Crippen molar-refractivity contribution in [2.24, 2.45) is 0 Å². The van der Waals surface area contributed by atoms with Crippen LogP contribution in [0, 0.1) is 22.7 Å². The summed E-state index contributed by atoms with van der Waals surface area (Å²) in [6.07, 6.45) is 0. The highest BCUT2D eigenvalue weighted by Crippen LogP contribution is 2.25. The monoisotopic (exact) mass is 256 g/mol. The van der Waals surface area contributed by atoms with E-state index in [4.69, 9.17) is 5.11 Å². The Morgan fingerprint density at radius 2 is 1.63 bits per heavy atom. The average Bonchev–Trinajstić information content (AvgIpc) is 2.47. The molecule has 1 aliphatic heterocycles. The van der Waals surface area contributed by atoms with E-state index in [1.54, 1.807) is 18.2 Å². The van der Waals surface area contributed by atoms with Crippen molar-refractivity contribution < 1.29 is 5.11 Å². The number of piperazine rings is 1. The maximum Gasteiger partial charge on any atom is 0.101 e. The Morgan fingerprint density at radius 1 is 1.05 bits per heavy atom. The average molecular weight is 256 g/mol. The van der Waals surface area contributed by atoms with E-state index >= 15 is 0 Å². The Labute approximate surface area is 112 Å². The molecular weight excluding hydrogens is 240 g/mol. The number of nitrogens with zero attached hydrogens (tertiary/aromatic N) is 4. The molecule has 1 aromatic rings. The minimum absolute atomic E-state index is 0.165. The molecule has 0 bridgehead atoms. The smallest absolute Gasteiger partial charge is 0.101 e. The molecule has 19 heavy (non-hydrogen) atoms. The Hall–Kier alpha value is -2.08. The standard InChI is InChI=1S/C14H16N4O/c15-10-12-2-1-3-13(11-16)14(12)18-6-4-17(5-7-18)8-9-19/h1-3,19H,4-9H2. The van der Waals surface area contributed by atoms with Crippen LogP contribution in [0.4, 0.5) is 5.69 Å². The molecule has 5 heteroatoms. The summed E-state index contributed by atoms with van der Waals surface area (Å²) in [5.74, 6) is 0. The fourth-order valence-electron chi connectivity index (χ4n) is 2.40. The topological polar surface area (TPSA) is 74.3 Å². The van der Waals surface area contributed by atoms with Crippen LogP contribution in [0.15, 0.2) is 18.2 Å². The van der Waals surface area contributed by atoms with Crippen LogP contribution in [0.25, 0.3) is 0 Å². The third-order valence-electron chi connectivity index (χ3n) is 3.38. The molecule has 1 N–H and O–H groups in total. The molecular formula is C14H16N4O. The first-order chi connectivity index (χ1) is 9.30. The number of para-hydroxylation sites is 1. The lowest BCUT2D eigenvalue weighted by atomic mass is 10.1. The van der Waals surface area contributed by atoms with Gasteiger partial charge in [0.1, 0.15) is 12.1 Å². The van der Waals surface area contributed by atoms with Gasteiger partial charge >= 0.3 is 0 Å². The lowest BCUT2D eigenvalue weighted by Gasteiger charge is -2.36. The van der Waals surface area contributed by atoms with Gasteiger partial charge in [-0.1, -0.05) is 6.07 Å². The van der Waals surface area contributed by atoms with E-state index in [1.165, 1.54) is 0 Å². The number of aliphatic hydroxyl groups is 1. The third-order valence-corrected chi connectivity index (χ3v) is 3.38. The third kappa shape index (κ3) is 2.85. The second kappa shape index (κ2) is 6.19. The number of β-amino-alcohol motifs (C(OH)–C–C–N with tert-alkyl or cyclic N) is 1. The largest absolute Gasteiger partial charge is 0.395 e. The van der Waals surface area contributed by atoms with E-state index in [0.717, 1.165) is 31.9 Å². The van der Waals surface area contributed by atoms with E-state index in [1.807, 2.05) is 0 Å².